The highest BCUT2D eigenvalue weighted by molar-refractivity contribution is 6.03. The Morgan fingerprint density at radius 1 is 0.923 bits per heavy atom. The van der Waals surface area contributed by atoms with Gasteiger partial charge in [-0.15, -0.1) is 0 Å². The summed E-state index contributed by atoms with van der Waals surface area (Å²) in [5, 5.41) is 4.24. The lowest BCUT2D eigenvalue weighted by Gasteiger charge is -2.56. The second-order valence-corrected chi connectivity index (χ2v) is 11.0. The number of hydrogen-bond acceptors (Lipinski definition) is 4. The smallest absolute Gasteiger partial charge is 0.327 e. The van der Waals surface area contributed by atoms with E-state index in [4.69, 9.17) is 0 Å². The molecule has 3 aromatic carbocycles. The number of carbonyl (C=O) groups excluding carboxylic acids is 1. The number of urea groups is 1. The summed E-state index contributed by atoms with van der Waals surface area (Å²) in [6.07, 6.45) is 5.98. The number of nitrogens with one attached hydrogen (secondary N) is 1. The number of piperazine rings is 1. The SMILES string of the molecule is CC1CCCC(N2CCN(c3ccccc3)CC2)(N(C(=O)Nc2cnc3ccccc3c2)c2ccccc2)C1. The molecule has 2 amide bonds. The maximum absolute atomic E-state index is 14.3. The molecule has 1 aliphatic carbocycles. The van der Waals surface area contributed by atoms with E-state index < -0.39 is 5.66 Å². The van der Waals surface area contributed by atoms with Gasteiger partial charge in [0.1, 0.15) is 5.66 Å². The first kappa shape index (κ1) is 25.4. The van der Waals surface area contributed by atoms with Crippen molar-refractivity contribution < 1.29 is 4.79 Å². The Hall–Kier alpha value is -3.90. The fourth-order valence-corrected chi connectivity index (χ4v) is 6.59. The fourth-order valence-electron chi connectivity index (χ4n) is 6.59. The molecule has 200 valence electrons. The third-order valence-corrected chi connectivity index (χ3v) is 8.41. The van der Waals surface area contributed by atoms with E-state index in [0.29, 0.717) is 11.6 Å². The highest BCUT2D eigenvalue weighted by Crippen LogP contribution is 2.43. The number of benzene rings is 3. The Labute approximate surface area is 231 Å². The number of para-hydroxylation sites is 3. The minimum atomic E-state index is -0.393. The van der Waals surface area contributed by atoms with Crippen molar-refractivity contribution in [1.29, 1.82) is 0 Å². The van der Waals surface area contributed by atoms with Crippen molar-refractivity contribution in [2.45, 2.75) is 38.3 Å². The van der Waals surface area contributed by atoms with Crippen LogP contribution >= 0.6 is 0 Å². The van der Waals surface area contributed by atoms with Gasteiger partial charge in [0.25, 0.3) is 0 Å². The first-order valence-electron chi connectivity index (χ1n) is 14.2. The number of hydrogen-bond donors (Lipinski definition) is 1. The molecule has 0 radical (unpaired) electrons. The number of amides is 2. The third kappa shape index (κ3) is 5.21. The maximum atomic E-state index is 14.3. The topological polar surface area (TPSA) is 51.7 Å². The zero-order chi connectivity index (χ0) is 26.7. The third-order valence-electron chi connectivity index (χ3n) is 8.41. The molecular weight excluding hydrogens is 482 g/mol. The van der Waals surface area contributed by atoms with E-state index >= 15 is 0 Å². The van der Waals surface area contributed by atoms with E-state index in [1.807, 2.05) is 48.5 Å². The van der Waals surface area contributed by atoms with Gasteiger partial charge in [0, 0.05) is 42.9 Å². The average molecular weight is 520 g/mol. The molecular formula is C33H37N5O. The van der Waals surface area contributed by atoms with Gasteiger partial charge in [-0.25, -0.2) is 4.79 Å². The molecule has 1 saturated carbocycles. The van der Waals surface area contributed by atoms with Crippen LogP contribution in [0.1, 0.15) is 32.6 Å². The number of pyridine rings is 1. The molecule has 1 N–H and O–H groups in total. The normalized spacial score (nSPS) is 22.0. The minimum Gasteiger partial charge on any atom is -0.369 e. The number of aromatic nitrogens is 1. The molecule has 1 aromatic heterocycles. The van der Waals surface area contributed by atoms with E-state index in [9.17, 15) is 4.79 Å². The number of nitrogens with zero attached hydrogens (tertiary/aromatic N) is 4. The zero-order valence-electron chi connectivity index (χ0n) is 22.7. The van der Waals surface area contributed by atoms with Crippen molar-refractivity contribution in [2.75, 3.05) is 41.3 Å². The molecule has 0 bridgehead atoms. The molecule has 2 heterocycles. The van der Waals surface area contributed by atoms with Gasteiger partial charge in [0.15, 0.2) is 0 Å². The molecule has 39 heavy (non-hydrogen) atoms. The summed E-state index contributed by atoms with van der Waals surface area (Å²) in [7, 11) is 0. The Balaban J connectivity index is 1.34. The van der Waals surface area contributed by atoms with Gasteiger partial charge in [0.05, 0.1) is 17.4 Å². The van der Waals surface area contributed by atoms with Crippen LogP contribution in [0.15, 0.2) is 97.2 Å². The molecule has 6 heteroatoms. The second-order valence-electron chi connectivity index (χ2n) is 11.0. The summed E-state index contributed by atoms with van der Waals surface area (Å²) in [5.41, 5.74) is 3.45. The van der Waals surface area contributed by atoms with Crippen LogP contribution in [-0.4, -0.2) is 47.8 Å². The molecule has 6 nitrogen and oxygen atoms in total. The van der Waals surface area contributed by atoms with E-state index in [1.165, 1.54) is 12.1 Å². The number of carbonyl (C=O) groups is 1. The summed E-state index contributed by atoms with van der Waals surface area (Å²) in [6.45, 7) is 6.05. The molecule has 2 unspecified atom stereocenters. The Bertz CT molecular complexity index is 1400. The average Bonchev–Trinajstić information content (AvgIpc) is 2.98. The number of rotatable bonds is 5. The van der Waals surface area contributed by atoms with Crippen LogP contribution in [0.25, 0.3) is 10.9 Å². The van der Waals surface area contributed by atoms with E-state index in [2.05, 4.69) is 74.4 Å². The predicted molar refractivity (Wildman–Crippen MR) is 160 cm³/mol. The van der Waals surface area contributed by atoms with Crippen molar-refractivity contribution >= 4 is 34.0 Å². The van der Waals surface area contributed by atoms with Crippen molar-refractivity contribution in [3.05, 3.63) is 97.2 Å². The lowest BCUT2D eigenvalue weighted by atomic mass is 9.79. The van der Waals surface area contributed by atoms with Crippen LogP contribution < -0.4 is 15.1 Å². The Kier molecular flexibility index (Phi) is 7.20. The van der Waals surface area contributed by atoms with Gasteiger partial charge in [-0.2, -0.15) is 0 Å². The zero-order valence-corrected chi connectivity index (χ0v) is 22.7. The van der Waals surface area contributed by atoms with Crippen LogP contribution in [-0.2, 0) is 0 Å². The monoisotopic (exact) mass is 519 g/mol. The molecule has 4 aromatic rings. The highest BCUT2D eigenvalue weighted by Gasteiger charge is 2.48. The first-order chi connectivity index (χ1) is 19.1. The van der Waals surface area contributed by atoms with Crippen molar-refractivity contribution in [2.24, 2.45) is 5.92 Å². The highest BCUT2D eigenvalue weighted by atomic mass is 16.2. The van der Waals surface area contributed by atoms with E-state index in [0.717, 1.165) is 62.0 Å². The lowest BCUT2D eigenvalue weighted by molar-refractivity contribution is 0.0313. The summed E-state index contributed by atoms with van der Waals surface area (Å²) < 4.78 is 0. The van der Waals surface area contributed by atoms with Gasteiger partial charge in [-0.05, 0) is 61.6 Å². The van der Waals surface area contributed by atoms with Crippen molar-refractivity contribution in [1.82, 2.24) is 9.88 Å². The van der Waals surface area contributed by atoms with Crippen LogP contribution in [0.5, 0.6) is 0 Å². The van der Waals surface area contributed by atoms with Crippen LogP contribution in [0.3, 0.4) is 0 Å². The summed E-state index contributed by atoms with van der Waals surface area (Å²) in [5.74, 6) is 0.534. The van der Waals surface area contributed by atoms with Gasteiger partial charge >= 0.3 is 6.03 Å². The summed E-state index contributed by atoms with van der Waals surface area (Å²) in [4.78, 5) is 26.0. The molecule has 6 rings (SSSR count). The van der Waals surface area contributed by atoms with Gasteiger partial charge in [-0.3, -0.25) is 14.8 Å². The summed E-state index contributed by atoms with van der Waals surface area (Å²) >= 11 is 0. The van der Waals surface area contributed by atoms with E-state index in [1.54, 1.807) is 6.20 Å². The maximum Gasteiger partial charge on any atom is 0.327 e. The van der Waals surface area contributed by atoms with Gasteiger partial charge < -0.3 is 10.2 Å². The predicted octanol–water partition coefficient (Wildman–Crippen LogP) is 7.00. The molecule has 2 aliphatic rings. The quantitative estimate of drug-likeness (QED) is 0.308. The molecule has 2 atom stereocenters. The van der Waals surface area contributed by atoms with Crippen LogP contribution in [0, 0.1) is 5.92 Å². The number of anilines is 3. The number of fused-ring (bicyclic) bond motifs is 1. The van der Waals surface area contributed by atoms with E-state index in [-0.39, 0.29) is 6.03 Å². The van der Waals surface area contributed by atoms with Gasteiger partial charge in [0.2, 0.25) is 0 Å². The first-order valence-corrected chi connectivity index (χ1v) is 14.2. The molecule has 2 fully saturated rings. The molecule has 0 spiro atoms. The Morgan fingerprint density at radius 2 is 1.62 bits per heavy atom. The minimum absolute atomic E-state index is 0.0992. The summed E-state index contributed by atoms with van der Waals surface area (Å²) in [6, 6.07) is 30.8. The largest absolute Gasteiger partial charge is 0.369 e. The van der Waals surface area contributed by atoms with Crippen molar-refractivity contribution in [3.8, 4) is 0 Å². The van der Waals surface area contributed by atoms with Crippen LogP contribution in [0.4, 0.5) is 21.9 Å². The standard InChI is InChI=1S/C33H37N5O/c1-26-11-10-18-33(24-26,37-21-19-36(20-22-37)29-13-4-2-5-14-29)38(30-15-6-3-7-16-30)32(39)35-28-23-27-12-8-9-17-31(27)34-25-28/h2-9,12-17,23,25-26H,10-11,18-22,24H2,1H3,(H,35,39). The molecule has 1 saturated heterocycles. The lowest BCUT2D eigenvalue weighted by Crippen LogP contribution is -2.68. The molecule has 1 aliphatic heterocycles. The van der Waals surface area contributed by atoms with Crippen molar-refractivity contribution in [3.63, 3.8) is 0 Å². The van der Waals surface area contributed by atoms with Crippen LogP contribution in [0.2, 0.25) is 0 Å². The Morgan fingerprint density at radius 3 is 2.36 bits per heavy atom. The van der Waals surface area contributed by atoms with Gasteiger partial charge in [-0.1, -0.05) is 67.9 Å². The second kappa shape index (κ2) is 11.1. The fraction of sp³-hybridized carbons (Fsp3) is 0.333.